The summed E-state index contributed by atoms with van der Waals surface area (Å²) in [6, 6.07) is 18.3. The molecular weight excluding hydrogens is 466 g/mol. The highest BCUT2D eigenvalue weighted by Gasteiger charge is 2.26. The Hall–Kier alpha value is -2.94. The lowest BCUT2D eigenvalue weighted by Crippen LogP contribution is -2.30. The predicted octanol–water partition coefficient (Wildman–Crippen LogP) is 4.58. The minimum atomic E-state index is -0.350. The van der Waals surface area contributed by atoms with Gasteiger partial charge in [0, 0.05) is 24.5 Å². The van der Waals surface area contributed by atoms with Crippen molar-refractivity contribution in [1.82, 2.24) is 14.5 Å². The SMILES string of the molecule is COC(=O)CSc1nc2sc3c(c2c(=O)n1-c1ccc(C)cc1)CCN(Cc1ccccc1)C3. The summed E-state index contributed by atoms with van der Waals surface area (Å²) in [5.74, 6) is -0.257. The van der Waals surface area contributed by atoms with Crippen molar-refractivity contribution in [2.75, 3.05) is 19.4 Å². The molecule has 0 amide bonds. The molecule has 6 nitrogen and oxygen atoms in total. The number of thiophene rings is 1. The second-order valence-corrected chi connectivity index (χ2v) is 10.4. The molecule has 174 valence electrons. The quantitative estimate of drug-likeness (QED) is 0.224. The number of aryl methyl sites for hydroxylation is 1. The van der Waals surface area contributed by atoms with Crippen LogP contribution in [0, 0.1) is 6.92 Å². The van der Waals surface area contributed by atoms with E-state index in [1.54, 1.807) is 15.9 Å². The number of thioether (sulfide) groups is 1. The summed E-state index contributed by atoms with van der Waals surface area (Å²) in [6.45, 7) is 4.60. The van der Waals surface area contributed by atoms with Crippen molar-refractivity contribution in [1.29, 1.82) is 0 Å². The van der Waals surface area contributed by atoms with Crippen LogP contribution in [0.15, 0.2) is 64.5 Å². The summed E-state index contributed by atoms with van der Waals surface area (Å²) in [5.41, 5.74) is 4.19. The van der Waals surface area contributed by atoms with Gasteiger partial charge < -0.3 is 4.74 Å². The van der Waals surface area contributed by atoms with Gasteiger partial charge in [0.2, 0.25) is 0 Å². The van der Waals surface area contributed by atoms with Gasteiger partial charge in [0.15, 0.2) is 5.16 Å². The zero-order valence-electron chi connectivity index (χ0n) is 19.1. The van der Waals surface area contributed by atoms with Gasteiger partial charge in [-0.05, 0) is 36.6 Å². The van der Waals surface area contributed by atoms with E-state index in [9.17, 15) is 9.59 Å². The van der Waals surface area contributed by atoms with Gasteiger partial charge in [0.25, 0.3) is 5.56 Å². The highest BCUT2D eigenvalue weighted by Crippen LogP contribution is 2.34. The number of aromatic nitrogens is 2. The van der Waals surface area contributed by atoms with Crippen molar-refractivity contribution >= 4 is 39.3 Å². The van der Waals surface area contributed by atoms with E-state index in [-0.39, 0.29) is 17.3 Å². The Labute approximate surface area is 206 Å². The van der Waals surface area contributed by atoms with E-state index in [4.69, 9.17) is 9.72 Å². The Balaban J connectivity index is 1.56. The van der Waals surface area contributed by atoms with Gasteiger partial charge in [0.05, 0.1) is 23.9 Å². The van der Waals surface area contributed by atoms with Crippen LogP contribution < -0.4 is 5.56 Å². The average molecular weight is 492 g/mol. The molecule has 2 aromatic carbocycles. The Kier molecular flexibility index (Phi) is 6.54. The molecule has 0 fully saturated rings. The molecule has 0 saturated heterocycles. The Morgan fingerprint density at radius 1 is 1.15 bits per heavy atom. The first-order chi connectivity index (χ1) is 16.5. The van der Waals surface area contributed by atoms with Gasteiger partial charge in [-0.25, -0.2) is 4.98 Å². The van der Waals surface area contributed by atoms with Crippen LogP contribution in [0.2, 0.25) is 0 Å². The minimum absolute atomic E-state index is 0.0739. The maximum atomic E-state index is 13.8. The average Bonchev–Trinajstić information content (AvgIpc) is 3.22. The second-order valence-electron chi connectivity index (χ2n) is 8.37. The molecule has 0 spiro atoms. The van der Waals surface area contributed by atoms with Crippen LogP contribution in [0.1, 0.15) is 21.6 Å². The van der Waals surface area contributed by atoms with E-state index in [0.717, 1.165) is 47.7 Å². The van der Waals surface area contributed by atoms with Crippen molar-refractivity contribution < 1.29 is 9.53 Å². The number of methoxy groups -OCH3 is 1. The van der Waals surface area contributed by atoms with Gasteiger partial charge in [-0.15, -0.1) is 11.3 Å². The van der Waals surface area contributed by atoms with Crippen LogP contribution >= 0.6 is 23.1 Å². The lowest BCUT2D eigenvalue weighted by atomic mass is 10.0. The van der Waals surface area contributed by atoms with Crippen molar-refractivity contribution in [2.24, 2.45) is 0 Å². The topological polar surface area (TPSA) is 64.4 Å². The van der Waals surface area contributed by atoms with Crippen LogP contribution in [0.4, 0.5) is 0 Å². The number of nitrogens with zero attached hydrogens (tertiary/aromatic N) is 3. The smallest absolute Gasteiger partial charge is 0.316 e. The number of hydrogen-bond donors (Lipinski definition) is 0. The van der Waals surface area contributed by atoms with Gasteiger partial charge in [-0.2, -0.15) is 0 Å². The molecule has 0 bridgehead atoms. The van der Waals surface area contributed by atoms with Crippen molar-refractivity contribution in [2.45, 2.75) is 31.6 Å². The summed E-state index contributed by atoms with van der Waals surface area (Å²) in [4.78, 5) is 34.9. The molecule has 34 heavy (non-hydrogen) atoms. The zero-order valence-corrected chi connectivity index (χ0v) is 20.7. The lowest BCUT2D eigenvalue weighted by molar-refractivity contribution is -0.137. The summed E-state index contributed by atoms with van der Waals surface area (Å²) in [6.07, 6.45) is 0.821. The molecule has 3 heterocycles. The van der Waals surface area contributed by atoms with Gasteiger partial charge in [-0.3, -0.25) is 19.1 Å². The van der Waals surface area contributed by atoms with E-state index < -0.39 is 0 Å². The molecule has 0 aliphatic carbocycles. The van der Waals surface area contributed by atoms with Crippen LogP contribution in [-0.4, -0.2) is 39.8 Å². The summed E-state index contributed by atoms with van der Waals surface area (Å²) in [7, 11) is 1.36. The van der Waals surface area contributed by atoms with Gasteiger partial charge >= 0.3 is 5.97 Å². The molecule has 0 saturated carbocycles. The highest BCUT2D eigenvalue weighted by atomic mass is 32.2. The van der Waals surface area contributed by atoms with Crippen LogP contribution in [-0.2, 0) is 29.0 Å². The lowest BCUT2D eigenvalue weighted by Gasteiger charge is -2.26. The first-order valence-electron chi connectivity index (χ1n) is 11.1. The van der Waals surface area contributed by atoms with Crippen molar-refractivity contribution in [3.05, 3.63) is 86.5 Å². The minimum Gasteiger partial charge on any atom is -0.468 e. The van der Waals surface area contributed by atoms with Crippen molar-refractivity contribution in [3.8, 4) is 5.69 Å². The fourth-order valence-corrected chi connectivity index (χ4v) is 6.40. The van der Waals surface area contributed by atoms with E-state index >= 15 is 0 Å². The fourth-order valence-electron chi connectivity index (χ4n) is 4.25. The second kappa shape index (κ2) is 9.74. The molecule has 4 aromatic rings. The number of esters is 1. The van der Waals surface area contributed by atoms with Crippen molar-refractivity contribution in [3.63, 3.8) is 0 Å². The van der Waals surface area contributed by atoms with Crippen LogP contribution in [0.25, 0.3) is 15.9 Å². The normalized spacial score (nSPS) is 13.7. The molecule has 1 aliphatic rings. The van der Waals surface area contributed by atoms with Gasteiger partial charge in [-0.1, -0.05) is 59.8 Å². The molecule has 2 aromatic heterocycles. The third kappa shape index (κ3) is 4.53. The van der Waals surface area contributed by atoms with Crippen LogP contribution in [0.3, 0.4) is 0 Å². The Morgan fingerprint density at radius 3 is 2.65 bits per heavy atom. The van der Waals surface area contributed by atoms with E-state index in [0.29, 0.717) is 10.5 Å². The monoisotopic (exact) mass is 491 g/mol. The first-order valence-corrected chi connectivity index (χ1v) is 12.9. The van der Waals surface area contributed by atoms with E-state index in [1.807, 2.05) is 37.3 Å². The third-order valence-electron chi connectivity index (χ3n) is 6.01. The molecular formula is C26H25N3O3S2. The molecule has 0 radical (unpaired) electrons. The summed E-state index contributed by atoms with van der Waals surface area (Å²) in [5, 5.41) is 1.22. The number of carbonyl (C=O) groups excluding carboxylic acids is 1. The molecule has 1 aliphatic heterocycles. The number of fused-ring (bicyclic) bond motifs is 3. The van der Waals surface area contributed by atoms with E-state index in [1.165, 1.54) is 29.3 Å². The zero-order chi connectivity index (χ0) is 23.7. The molecule has 0 unspecified atom stereocenters. The number of rotatable bonds is 6. The largest absolute Gasteiger partial charge is 0.468 e. The maximum Gasteiger partial charge on any atom is 0.316 e. The number of carbonyl (C=O) groups is 1. The molecule has 0 N–H and O–H groups in total. The molecule has 5 rings (SSSR count). The predicted molar refractivity (Wildman–Crippen MR) is 137 cm³/mol. The molecule has 8 heteroatoms. The van der Waals surface area contributed by atoms with Crippen LogP contribution in [0.5, 0.6) is 0 Å². The Bertz CT molecular complexity index is 1400. The third-order valence-corrected chi connectivity index (χ3v) is 8.03. The van der Waals surface area contributed by atoms with E-state index in [2.05, 4.69) is 29.2 Å². The number of ether oxygens (including phenoxy) is 1. The number of benzene rings is 2. The standard InChI is InChI=1S/C26H25N3O3S2/c1-17-8-10-19(11-9-17)29-25(31)23-20-12-13-28(14-18-6-4-3-5-7-18)15-21(20)34-24(23)27-26(29)33-16-22(30)32-2/h3-11H,12-16H2,1-2H3. The van der Waals surface area contributed by atoms with Gasteiger partial charge in [0.1, 0.15) is 4.83 Å². The summed E-state index contributed by atoms with van der Waals surface area (Å²) >= 11 is 2.82. The maximum absolute atomic E-state index is 13.8. The highest BCUT2D eigenvalue weighted by molar-refractivity contribution is 7.99. The first kappa shape index (κ1) is 22.8. The molecule has 0 atom stereocenters. The fraction of sp³-hybridized carbons (Fsp3) is 0.269. The Morgan fingerprint density at radius 2 is 1.91 bits per heavy atom. The summed E-state index contributed by atoms with van der Waals surface area (Å²) < 4.78 is 6.44. The number of hydrogen-bond acceptors (Lipinski definition) is 7.